The highest BCUT2D eigenvalue weighted by Crippen LogP contribution is 2.21. The standard InChI is InChI=1S/C15H21N3O2S/c1-15(2,3)17-7-9-18(10-8-17)21(19,20)14-6-4-5-13(11-14)12-16/h4-6,11H,7-10H2,1-3H3. The van der Waals surface area contributed by atoms with Gasteiger partial charge < -0.3 is 0 Å². The molecule has 0 saturated carbocycles. The summed E-state index contributed by atoms with van der Waals surface area (Å²) in [6.07, 6.45) is 0. The predicted molar refractivity (Wildman–Crippen MR) is 81.2 cm³/mol. The van der Waals surface area contributed by atoms with Crippen LogP contribution in [0.2, 0.25) is 0 Å². The fourth-order valence-corrected chi connectivity index (χ4v) is 3.94. The minimum Gasteiger partial charge on any atom is -0.296 e. The van der Waals surface area contributed by atoms with Gasteiger partial charge in [0, 0.05) is 31.7 Å². The lowest BCUT2D eigenvalue weighted by Crippen LogP contribution is -2.54. The maximum atomic E-state index is 12.6. The SMILES string of the molecule is CC(C)(C)N1CCN(S(=O)(=O)c2cccc(C#N)c2)CC1. The number of nitrogens with zero attached hydrogens (tertiary/aromatic N) is 3. The van der Waals surface area contributed by atoms with E-state index >= 15 is 0 Å². The van der Waals surface area contributed by atoms with Crippen LogP contribution in [0.3, 0.4) is 0 Å². The maximum absolute atomic E-state index is 12.6. The van der Waals surface area contributed by atoms with E-state index in [0.29, 0.717) is 18.7 Å². The zero-order valence-corrected chi connectivity index (χ0v) is 13.5. The highest BCUT2D eigenvalue weighted by atomic mass is 32.2. The molecule has 1 aliphatic heterocycles. The van der Waals surface area contributed by atoms with Gasteiger partial charge in [0.15, 0.2) is 0 Å². The molecule has 1 aliphatic rings. The van der Waals surface area contributed by atoms with Gasteiger partial charge in [-0.05, 0) is 39.0 Å². The lowest BCUT2D eigenvalue weighted by molar-refractivity contribution is 0.0922. The molecule has 0 N–H and O–H groups in total. The third kappa shape index (κ3) is 3.43. The van der Waals surface area contributed by atoms with Gasteiger partial charge in [-0.1, -0.05) is 6.07 Å². The average molecular weight is 307 g/mol. The van der Waals surface area contributed by atoms with E-state index in [4.69, 9.17) is 5.26 Å². The third-order valence-corrected chi connectivity index (χ3v) is 5.68. The fraction of sp³-hybridized carbons (Fsp3) is 0.533. The molecule has 0 amide bonds. The molecule has 0 bridgehead atoms. The largest absolute Gasteiger partial charge is 0.296 e. The molecule has 6 heteroatoms. The molecule has 114 valence electrons. The Kier molecular flexibility index (Phi) is 4.38. The number of nitriles is 1. The van der Waals surface area contributed by atoms with Gasteiger partial charge in [-0.3, -0.25) is 4.90 Å². The monoisotopic (exact) mass is 307 g/mol. The Balaban J connectivity index is 2.17. The van der Waals surface area contributed by atoms with Crippen molar-refractivity contribution in [3.63, 3.8) is 0 Å². The van der Waals surface area contributed by atoms with Gasteiger partial charge >= 0.3 is 0 Å². The predicted octanol–water partition coefficient (Wildman–Crippen LogP) is 1.66. The number of rotatable bonds is 2. The van der Waals surface area contributed by atoms with Crippen LogP contribution >= 0.6 is 0 Å². The Morgan fingerprint density at radius 2 is 1.76 bits per heavy atom. The zero-order valence-electron chi connectivity index (χ0n) is 12.7. The van der Waals surface area contributed by atoms with E-state index in [0.717, 1.165) is 13.1 Å². The van der Waals surface area contributed by atoms with Crippen molar-refractivity contribution in [2.75, 3.05) is 26.2 Å². The summed E-state index contributed by atoms with van der Waals surface area (Å²) < 4.78 is 26.7. The van der Waals surface area contributed by atoms with Gasteiger partial charge in [-0.15, -0.1) is 0 Å². The number of hydrogen-bond donors (Lipinski definition) is 0. The molecule has 0 atom stereocenters. The van der Waals surface area contributed by atoms with Gasteiger partial charge in [0.05, 0.1) is 16.5 Å². The number of benzene rings is 1. The van der Waals surface area contributed by atoms with Crippen molar-refractivity contribution in [1.29, 1.82) is 5.26 Å². The Bertz CT molecular complexity index is 648. The Hall–Kier alpha value is -1.42. The first kappa shape index (κ1) is 16.0. The summed E-state index contributed by atoms with van der Waals surface area (Å²) in [6, 6.07) is 8.18. The molecule has 0 unspecified atom stereocenters. The highest BCUT2D eigenvalue weighted by molar-refractivity contribution is 7.89. The lowest BCUT2D eigenvalue weighted by atomic mass is 10.1. The lowest BCUT2D eigenvalue weighted by Gasteiger charge is -2.41. The van der Waals surface area contributed by atoms with Crippen LogP contribution in [0.5, 0.6) is 0 Å². The molecular formula is C15H21N3O2S. The number of sulfonamides is 1. The molecular weight excluding hydrogens is 286 g/mol. The molecule has 0 aliphatic carbocycles. The van der Waals surface area contributed by atoms with Gasteiger partial charge in [-0.2, -0.15) is 9.57 Å². The van der Waals surface area contributed by atoms with Crippen LogP contribution in [0.1, 0.15) is 26.3 Å². The van der Waals surface area contributed by atoms with Crippen molar-refractivity contribution in [1.82, 2.24) is 9.21 Å². The van der Waals surface area contributed by atoms with E-state index in [1.807, 2.05) is 6.07 Å². The molecule has 5 nitrogen and oxygen atoms in total. The topological polar surface area (TPSA) is 64.4 Å². The summed E-state index contributed by atoms with van der Waals surface area (Å²) in [7, 11) is -3.51. The Morgan fingerprint density at radius 1 is 1.14 bits per heavy atom. The molecule has 1 aromatic carbocycles. The molecule has 1 heterocycles. The smallest absolute Gasteiger partial charge is 0.243 e. The average Bonchev–Trinajstić information content (AvgIpc) is 2.46. The second-order valence-corrected chi connectivity index (χ2v) is 8.14. The van der Waals surface area contributed by atoms with Crippen LogP contribution < -0.4 is 0 Å². The van der Waals surface area contributed by atoms with Crippen LogP contribution in [0.25, 0.3) is 0 Å². The Morgan fingerprint density at radius 3 is 2.29 bits per heavy atom. The first-order chi connectivity index (χ1) is 9.75. The second kappa shape index (κ2) is 5.76. The molecule has 2 rings (SSSR count). The van der Waals surface area contributed by atoms with Crippen molar-refractivity contribution in [2.24, 2.45) is 0 Å². The summed E-state index contributed by atoms with van der Waals surface area (Å²) in [5.41, 5.74) is 0.417. The summed E-state index contributed by atoms with van der Waals surface area (Å²) in [5.74, 6) is 0. The molecule has 21 heavy (non-hydrogen) atoms. The van der Waals surface area contributed by atoms with Crippen LogP contribution in [-0.2, 0) is 10.0 Å². The van der Waals surface area contributed by atoms with Crippen molar-refractivity contribution in [3.05, 3.63) is 29.8 Å². The summed E-state index contributed by atoms with van der Waals surface area (Å²) in [5, 5.41) is 8.90. The van der Waals surface area contributed by atoms with Crippen molar-refractivity contribution in [2.45, 2.75) is 31.2 Å². The van der Waals surface area contributed by atoms with E-state index in [1.165, 1.54) is 10.4 Å². The first-order valence-electron chi connectivity index (χ1n) is 7.00. The Labute approximate surface area is 126 Å². The van der Waals surface area contributed by atoms with Gasteiger partial charge in [0.1, 0.15) is 0 Å². The molecule has 0 aromatic heterocycles. The molecule has 1 aromatic rings. The highest BCUT2D eigenvalue weighted by Gasteiger charge is 2.32. The van der Waals surface area contributed by atoms with Crippen LogP contribution in [0, 0.1) is 11.3 Å². The van der Waals surface area contributed by atoms with E-state index < -0.39 is 10.0 Å². The van der Waals surface area contributed by atoms with E-state index in [9.17, 15) is 8.42 Å². The first-order valence-corrected chi connectivity index (χ1v) is 8.44. The van der Waals surface area contributed by atoms with Gasteiger partial charge in [0.25, 0.3) is 0 Å². The normalized spacial score (nSPS) is 18.4. The molecule has 0 radical (unpaired) electrons. The van der Waals surface area contributed by atoms with Crippen molar-refractivity contribution >= 4 is 10.0 Å². The van der Waals surface area contributed by atoms with E-state index in [-0.39, 0.29) is 10.4 Å². The summed E-state index contributed by atoms with van der Waals surface area (Å²) >= 11 is 0. The van der Waals surface area contributed by atoms with Crippen LogP contribution in [0.15, 0.2) is 29.2 Å². The summed E-state index contributed by atoms with van der Waals surface area (Å²) in [4.78, 5) is 2.48. The van der Waals surface area contributed by atoms with Crippen molar-refractivity contribution in [3.8, 4) is 6.07 Å². The summed E-state index contributed by atoms with van der Waals surface area (Å²) in [6.45, 7) is 8.81. The number of piperazine rings is 1. The second-order valence-electron chi connectivity index (χ2n) is 6.20. The quantitative estimate of drug-likeness (QED) is 0.833. The fourth-order valence-electron chi connectivity index (χ4n) is 2.47. The third-order valence-electron chi connectivity index (χ3n) is 3.79. The molecule has 0 spiro atoms. The number of hydrogen-bond acceptors (Lipinski definition) is 4. The minimum atomic E-state index is -3.51. The zero-order chi connectivity index (χ0) is 15.7. The van der Waals surface area contributed by atoms with E-state index in [1.54, 1.807) is 18.2 Å². The van der Waals surface area contributed by atoms with Gasteiger partial charge in [-0.25, -0.2) is 8.42 Å². The maximum Gasteiger partial charge on any atom is 0.243 e. The molecule has 1 saturated heterocycles. The minimum absolute atomic E-state index is 0.0522. The van der Waals surface area contributed by atoms with Crippen molar-refractivity contribution < 1.29 is 8.42 Å². The van der Waals surface area contributed by atoms with Gasteiger partial charge in [0.2, 0.25) is 10.0 Å². The van der Waals surface area contributed by atoms with Crippen LogP contribution in [0.4, 0.5) is 0 Å². The molecule has 1 fully saturated rings. The van der Waals surface area contributed by atoms with Crippen LogP contribution in [-0.4, -0.2) is 49.3 Å². The van der Waals surface area contributed by atoms with E-state index in [2.05, 4.69) is 25.7 Å².